The van der Waals surface area contributed by atoms with Crippen LogP contribution in [0, 0.1) is 5.92 Å². The topological polar surface area (TPSA) is 65.2 Å². The van der Waals surface area contributed by atoms with E-state index in [4.69, 9.17) is 0 Å². The van der Waals surface area contributed by atoms with Gasteiger partial charge >= 0.3 is 0 Å². The second-order valence-electron chi connectivity index (χ2n) is 7.50. The van der Waals surface area contributed by atoms with Gasteiger partial charge in [0.25, 0.3) is 5.91 Å². The molecule has 0 radical (unpaired) electrons. The third-order valence-corrected chi connectivity index (χ3v) is 5.04. The summed E-state index contributed by atoms with van der Waals surface area (Å²) in [4.78, 5) is 30.8. The number of aromatic amines is 1. The quantitative estimate of drug-likeness (QED) is 0.716. The van der Waals surface area contributed by atoms with Crippen molar-refractivity contribution in [2.45, 2.75) is 32.9 Å². The van der Waals surface area contributed by atoms with Crippen LogP contribution < -0.4 is 5.32 Å². The first kappa shape index (κ1) is 17.3. The van der Waals surface area contributed by atoms with E-state index < -0.39 is 6.04 Å². The van der Waals surface area contributed by atoms with E-state index in [0.717, 1.165) is 22.2 Å². The van der Waals surface area contributed by atoms with Gasteiger partial charge < -0.3 is 15.2 Å². The van der Waals surface area contributed by atoms with E-state index >= 15 is 0 Å². The molecule has 0 aliphatic carbocycles. The van der Waals surface area contributed by atoms with Crippen molar-refractivity contribution < 1.29 is 9.59 Å². The van der Waals surface area contributed by atoms with Crippen LogP contribution in [0.15, 0.2) is 54.7 Å². The van der Waals surface area contributed by atoms with Crippen LogP contribution >= 0.6 is 0 Å². The second kappa shape index (κ2) is 6.91. The van der Waals surface area contributed by atoms with Crippen molar-refractivity contribution in [1.29, 1.82) is 0 Å². The Kier molecular flexibility index (Phi) is 4.44. The molecule has 2 N–H and O–H groups in total. The number of amides is 2. The fourth-order valence-electron chi connectivity index (χ4n) is 3.71. The number of fused-ring (bicyclic) bond motifs is 2. The lowest BCUT2D eigenvalue weighted by Gasteiger charge is -2.28. The summed E-state index contributed by atoms with van der Waals surface area (Å²) in [6.07, 6.45) is 2.50. The maximum absolute atomic E-state index is 13.1. The molecule has 1 aliphatic heterocycles. The number of rotatable bonds is 5. The molecular weight excluding hydrogens is 338 g/mol. The first-order valence-electron chi connectivity index (χ1n) is 9.30. The van der Waals surface area contributed by atoms with E-state index in [1.165, 1.54) is 0 Å². The van der Waals surface area contributed by atoms with Crippen LogP contribution in [0.2, 0.25) is 0 Å². The van der Waals surface area contributed by atoms with E-state index in [0.29, 0.717) is 24.4 Å². The molecule has 2 heterocycles. The molecule has 1 unspecified atom stereocenters. The maximum Gasteiger partial charge on any atom is 0.255 e. The van der Waals surface area contributed by atoms with E-state index in [-0.39, 0.29) is 11.8 Å². The van der Waals surface area contributed by atoms with Crippen LogP contribution in [-0.4, -0.2) is 27.7 Å². The number of aromatic nitrogens is 1. The van der Waals surface area contributed by atoms with Crippen molar-refractivity contribution in [3.8, 4) is 0 Å². The van der Waals surface area contributed by atoms with E-state index in [1.54, 1.807) is 4.90 Å². The van der Waals surface area contributed by atoms with Gasteiger partial charge in [-0.3, -0.25) is 9.59 Å². The Labute approximate surface area is 158 Å². The number of benzene rings is 2. The number of anilines is 1. The highest BCUT2D eigenvalue weighted by Gasteiger charge is 2.36. The molecule has 4 rings (SSSR count). The summed E-state index contributed by atoms with van der Waals surface area (Å²) in [6, 6.07) is 14.8. The number of carbonyl (C=O) groups excluding carboxylic acids is 2. The molecule has 1 aliphatic rings. The maximum atomic E-state index is 13.1. The minimum absolute atomic E-state index is 0.0625. The van der Waals surface area contributed by atoms with Gasteiger partial charge in [0.1, 0.15) is 6.04 Å². The molecule has 0 saturated heterocycles. The van der Waals surface area contributed by atoms with Gasteiger partial charge in [0.2, 0.25) is 5.91 Å². The van der Waals surface area contributed by atoms with Gasteiger partial charge in [0.15, 0.2) is 0 Å². The first-order valence-corrected chi connectivity index (χ1v) is 9.30. The average Bonchev–Trinajstić information content (AvgIpc) is 3.24. The van der Waals surface area contributed by atoms with Gasteiger partial charge in [0, 0.05) is 34.9 Å². The molecule has 5 heteroatoms. The Morgan fingerprint density at radius 1 is 1.19 bits per heavy atom. The van der Waals surface area contributed by atoms with Gasteiger partial charge in [-0.1, -0.05) is 32.0 Å². The lowest BCUT2D eigenvalue weighted by Crippen LogP contribution is -2.45. The van der Waals surface area contributed by atoms with E-state index in [9.17, 15) is 9.59 Å². The van der Waals surface area contributed by atoms with Crippen LogP contribution in [0.3, 0.4) is 0 Å². The normalized spacial score (nSPS) is 14.6. The van der Waals surface area contributed by atoms with Crippen molar-refractivity contribution in [2.75, 3.05) is 5.32 Å². The minimum Gasteiger partial charge on any atom is -0.361 e. The van der Waals surface area contributed by atoms with Crippen LogP contribution in [-0.2, 0) is 11.3 Å². The molecule has 138 valence electrons. The number of H-pyrrole nitrogens is 1. The minimum atomic E-state index is -0.494. The third kappa shape index (κ3) is 3.33. The van der Waals surface area contributed by atoms with E-state index in [1.807, 2.05) is 54.7 Å². The zero-order valence-corrected chi connectivity index (χ0v) is 15.5. The average molecular weight is 361 g/mol. The summed E-state index contributed by atoms with van der Waals surface area (Å²) in [5.74, 6) is 0.0941. The van der Waals surface area contributed by atoms with Crippen LogP contribution in [0.5, 0.6) is 0 Å². The fourth-order valence-corrected chi connectivity index (χ4v) is 3.71. The van der Waals surface area contributed by atoms with Crippen molar-refractivity contribution in [3.05, 3.63) is 65.9 Å². The predicted molar refractivity (Wildman–Crippen MR) is 106 cm³/mol. The zero-order chi connectivity index (χ0) is 19.0. The first-order chi connectivity index (χ1) is 13.0. The molecule has 0 fully saturated rings. The Hall–Kier alpha value is -3.08. The highest BCUT2D eigenvalue weighted by Crippen LogP contribution is 2.28. The highest BCUT2D eigenvalue weighted by atomic mass is 16.2. The van der Waals surface area contributed by atoms with Crippen molar-refractivity contribution >= 4 is 28.4 Å². The number of nitrogens with one attached hydrogen (secondary N) is 2. The van der Waals surface area contributed by atoms with Gasteiger partial charge in [-0.25, -0.2) is 0 Å². The van der Waals surface area contributed by atoms with Gasteiger partial charge in [-0.15, -0.1) is 0 Å². The van der Waals surface area contributed by atoms with Crippen LogP contribution in [0.4, 0.5) is 5.69 Å². The molecule has 3 aromatic rings. The standard InChI is InChI=1S/C22H23N3O2/c1-14(2)11-20(25-13-16-5-3-4-6-18(16)22(25)27)21(26)24-17-7-8-19-15(12-17)9-10-23-19/h3-10,12,14,20,23H,11,13H2,1-2H3,(H,24,26). The predicted octanol–water partition coefficient (Wildman–Crippen LogP) is 4.18. The Morgan fingerprint density at radius 3 is 2.78 bits per heavy atom. The van der Waals surface area contributed by atoms with E-state index in [2.05, 4.69) is 24.1 Å². The lowest BCUT2D eigenvalue weighted by atomic mass is 10.0. The molecule has 1 atom stereocenters. The molecule has 27 heavy (non-hydrogen) atoms. The number of hydrogen-bond donors (Lipinski definition) is 2. The highest BCUT2D eigenvalue weighted by molar-refractivity contribution is 6.04. The SMILES string of the molecule is CC(C)CC(C(=O)Nc1ccc2[nH]ccc2c1)N1Cc2ccccc2C1=O. The Morgan fingerprint density at radius 2 is 2.00 bits per heavy atom. The summed E-state index contributed by atoms with van der Waals surface area (Å²) >= 11 is 0. The van der Waals surface area contributed by atoms with Gasteiger partial charge in [0.05, 0.1) is 0 Å². The fraction of sp³-hybridized carbons (Fsp3) is 0.273. The Bertz CT molecular complexity index is 1010. The van der Waals surface area contributed by atoms with Crippen molar-refractivity contribution in [2.24, 2.45) is 5.92 Å². The molecule has 2 amide bonds. The van der Waals surface area contributed by atoms with Crippen LogP contribution in [0.1, 0.15) is 36.2 Å². The second-order valence-corrected chi connectivity index (χ2v) is 7.50. The molecule has 0 saturated carbocycles. The van der Waals surface area contributed by atoms with Crippen molar-refractivity contribution in [1.82, 2.24) is 9.88 Å². The largest absolute Gasteiger partial charge is 0.361 e. The lowest BCUT2D eigenvalue weighted by molar-refractivity contribution is -0.121. The summed E-state index contributed by atoms with van der Waals surface area (Å²) in [5, 5.41) is 4.05. The summed E-state index contributed by atoms with van der Waals surface area (Å²) < 4.78 is 0. The molecule has 1 aromatic heterocycles. The molecule has 0 spiro atoms. The van der Waals surface area contributed by atoms with Crippen molar-refractivity contribution in [3.63, 3.8) is 0 Å². The third-order valence-electron chi connectivity index (χ3n) is 5.04. The zero-order valence-electron chi connectivity index (χ0n) is 15.5. The molecular formula is C22H23N3O2. The number of nitrogens with zero attached hydrogens (tertiary/aromatic N) is 1. The van der Waals surface area contributed by atoms with Gasteiger partial charge in [-0.05, 0) is 48.2 Å². The summed E-state index contributed by atoms with van der Waals surface area (Å²) in [5.41, 5.74) is 3.45. The smallest absolute Gasteiger partial charge is 0.255 e. The molecule has 2 aromatic carbocycles. The molecule has 0 bridgehead atoms. The summed E-state index contributed by atoms with van der Waals surface area (Å²) in [7, 11) is 0. The Balaban J connectivity index is 1.58. The van der Waals surface area contributed by atoms with Gasteiger partial charge in [-0.2, -0.15) is 0 Å². The monoisotopic (exact) mass is 361 g/mol. The van der Waals surface area contributed by atoms with Crippen LogP contribution in [0.25, 0.3) is 10.9 Å². The number of carbonyl (C=O) groups is 2. The molecule has 5 nitrogen and oxygen atoms in total. The number of hydrogen-bond acceptors (Lipinski definition) is 2. The summed E-state index contributed by atoms with van der Waals surface area (Å²) in [6.45, 7) is 4.62.